The topological polar surface area (TPSA) is 66.8 Å². The van der Waals surface area contributed by atoms with Gasteiger partial charge in [0.1, 0.15) is 6.61 Å². The molecule has 0 aromatic carbocycles. The van der Waals surface area contributed by atoms with Crippen LogP contribution in [0.3, 0.4) is 0 Å². The van der Waals surface area contributed by atoms with Crippen LogP contribution < -0.4 is 0 Å². The highest BCUT2D eigenvalue weighted by molar-refractivity contribution is 5.66. The molecule has 14 heavy (non-hydrogen) atoms. The van der Waals surface area contributed by atoms with E-state index in [-0.39, 0.29) is 26.1 Å². The van der Waals surface area contributed by atoms with Gasteiger partial charge in [-0.2, -0.15) is 0 Å². The molecular weight excluding hydrogens is 193 g/mol. The zero-order valence-electron chi connectivity index (χ0n) is 7.83. The molecule has 6 heteroatoms. The molecule has 0 aliphatic carbocycles. The number of ether oxygens (including phenoxy) is 1. The van der Waals surface area contributed by atoms with Crippen molar-refractivity contribution in [1.82, 2.24) is 4.90 Å². The molecule has 0 aromatic rings. The van der Waals surface area contributed by atoms with E-state index >= 15 is 0 Å². The predicted octanol–water partition coefficient (Wildman–Crippen LogP) is 0.642. The number of likely N-dealkylation sites (tertiary alicyclic amines) is 1. The van der Waals surface area contributed by atoms with Crippen LogP contribution in [-0.4, -0.2) is 47.4 Å². The number of halogens is 1. The Labute approximate surface area is 80.4 Å². The normalized spacial score (nSPS) is 26.3. The molecule has 0 aromatic heterocycles. The van der Waals surface area contributed by atoms with Gasteiger partial charge < -0.3 is 14.7 Å². The summed E-state index contributed by atoms with van der Waals surface area (Å²) in [6.07, 6.45) is -1.07. The summed E-state index contributed by atoms with van der Waals surface area (Å²) in [6, 6.07) is 0. The van der Waals surface area contributed by atoms with Gasteiger partial charge in [-0.1, -0.05) is 0 Å². The molecule has 1 N–H and O–H groups in total. The van der Waals surface area contributed by atoms with E-state index < -0.39 is 17.7 Å². The van der Waals surface area contributed by atoms with Gasteiger partial charge in [0.25, 0.3) is 0 Å². The Bertz CT molecular complexity index is 258. The van der Waals surface area contributed by atoms with E-state index in [2.05, 4.69) is 4.74 Å². The summed E-state index contributed by atoms with van der Waals surface area (Å²) in [5.74, 6) is -0.559. The van der Waals surface area contributed by atoms with Crippen LogP contribution in [0, 0.1) is 0 Å². The van der Waals surface area contributed by atoms with Crippen molar-refractivity contribution in [2.24, 2.45) is 0 Å². The lowest BCUT2D eigenvalue weighted by atomic mass is 10.1. The third-order valence-electron chi connectivity index (χ3n) is 2.11. The molecular formula is C8H12FNO4. The maximum absolute atomic E-state index is 13.7. The molecule has 0 saturated carbocycles. The summed E-state index contributed by atoms with van der Waals surface area (Å²) in [7, 11) is 0. The number of carboxylic acid groups (broad SMARTS) is 1. The first kappa shape index (κ1) is 10.7. The molecule has 0 spiro atoms. The number of carbonyl (C=O) groups is 2. The molecule has 1 amide bonds. The third kappa shape index (κ3) is 2.58. The van der Waals surface area contributed by atoms with Crippen LogP contribution >= 0.6 is 0 Å². The zero-order valence-corrected chi connectivity index (χ0v) is 7.83. The van der Waals surface area contributed by atoms with E-state index in [1.165, 1.54) is 6.92 Å². The number of nitrogens with zero attached hydrogens (tertiary/aromatic N) is 1. The molecule has 1 fully saturated rings. The van der Waals surface area contributed by atoms with Crippen LogP contribution in [0.2, 0.25) is 0 Å². The second-order valence-corrected chi connectivity index (χ2v) is 3.39. The van der Waals surface area contributed by atoms with Crippen LogP contribution in [0.25, 0.3) is 0 Å². The number of esters is 1. The monoisotopic (exact) mass is 205 g/mol. The van der Waals surface area contributed by atoms with Gasteiger partial charge in [-0.15, -0.1) is 0 Å². The summed E-state index contributed by atoms with van der Waals surface area (Å²) in [5, 5.41) is 8.57. The average molecular weight is 205 g/mol. The van der Waals surface area contributed by atoms with Crippen LogP contribution in [0.5, 0.6) is 0 Å². The number of rotatable bonds is 2. The van der Waals surface area contributed by atoms with Crippen molar-refractivity contribution in [3.05, 3.63) is 0 Å². The highest BCUT2D eigenvalue weighted by Crippen LogP contribution is 2.25. The fourth-order valence-corrected chi connectivity index (χ4v) is 1.35. The predicted molar refractivity (Wildman–Crippen MR) is 44.7 cm³/mol. The second kappa shape index (κ2) is 3.81. The van der Waals surface area contributed by atoms with E-state index in [1.54, 1.807) is 0 Å². The average Bonchev–Trinajstić information content (AvgIpc) is 2.46. The maximum Gasteiger partial charge on any atom is 0.407 e. The number of amides is 1. The Kier molecular flexibility index (Phi) is 2.93. The molecule has 1 rings (SSSR count). The minimum absolute atomic E-state index is 0.0760. The van der Waals surface area contributed by atoms with Crippen LogP contribution in [0.4, 0.5) is 9.18 Å². The Morgan fingerprint density at radius 3 is 2.71 bits per heavy atom. The molecule has 1 unspecified atom stereocenters. The van der Waals surface area contributed by atoms with Crippen LogP contribution in [-0.2, 0) is 9.53 Å². The Balaban J connectivity index is 2.45. The Morgan fingerprint density at radius 1 is 1.64 bits per heavy atom. The highest BCUT2D eigenvalue weighted by Gasteiger charge is 2.41. The lowest BCUT2D eigenvalue weighted by Crippen LogP contribution is -2.36. The second-order valence-electron chi connectivity index (χ2n) is 3.39. The fourth-order valence-electron chi connectivity index (χ4n) is 1.35. The van der Waals surface area contributed by atoms with E-state index in [0.717, 1.165) is 4.90 Å². The Morgan fingerprint density at radius 2 is 2.29 bits per heavy atom. The molecule has 80 valence electrons. The maximum atomic E-state index is 13.7. The molecule has 0 radical (unpaired) electrons. The van der Waals surface area contributed by atoms with Gasteiger partial charge in [-0.25, -0.2) is 9.18 Å². The summed E-state index contributed by atoms with van der Waals surface area (Å²) in [5.41, 5.74) is -1.72. The molecule has 1 saturated heterocycles. The summed E-state index contributed by atoms with van der Waals surface area (Å²) >= 11 is 0. The van der Waals surface area contributed by atoms with Gasteiger partial charge in [0.2, 0.25) is 0 Å². The highest BCUT2D eigenvalue weighted by atomic mass is 19.1. The summed E-state index contributed by atoms with van der Waals surface area (Å²) < 4.78 is 18.2. The molecule has 1 atom stereocenters. The lowest BCUT2D eigenvalue weighted by molar-refractivity contribution is -0.145. The van der Waals surface area contributed by atoms with Crippen LogP contribution in [0.15, 0.2) is 0 Å². The minimum Gasteiger partial charge on any atom is -0.465 e. The number of hydrogen-bond acceptors (Lipinski definition) is 3. The van der Waals surface area contributed by atoms with Crippen molar-refractivity contribution >= 4 is 12.1 Å². The fraction of sp³-hybridized carbons (Fsp3) is 0.750. The van der Waals surface area contributed by atoms with E-state index in [0.29, 0.717) is 0 Å². The molecule has 1 aliphatic rings. The Hall–Kier alpha value is -1.33. The SMILES string of the molecule is CC(=O)OCC1(F)CCN(C(=O)O)C1. The smallest absolute Gasteiger partial charge is 0.407 e. The van der Waals surface area contributed by atoms with Gasteiger partial charge >= 0.3 is 12.1 Å². The lowest BCUT2D eigenvalue weighted by Gasteiger charge is -2.18. The third-order valence-corrected chi connectivity index (χ3v) is 2.11. The quantitative estimate of drug-likeness (QED) is 0.672. The largest absolute Gasteiger partial charge is 0.465 e. The minimum atomic E-state index is -1.72. The first-order valence-corrected chi connectivity index (χ1v) is 4.23. The standard InChI is InChI=1S/C8H12FNO4/c1-6(11)14-5-8(9)2-3-10(4-8)7(12)13/h2-5H2,1H3,(H,12,13). The molecule has 5 nitrogen and oxygen atoms in total. The molecule has 1 aliphatic heterocycles. The van der Waals surface area contributed by atoms with Gasteiger partial charge in [0.15, 0.2) is 5.67 Å². The first-order chi connectivity index (χ1) is 6.43. The van der Waals surface area contributed by atoms with Crippen molar-refractivity contribution in [3.8, 4) is 0 Å². The van der Waals surface area contributed by atoms with Crippen molar-refractivity contribution in [3.63, 3.8) is 0 Å². The van der Waals surface area contributed by atoms with Gasteiger partial charge in [-0.05, 0) is 0 Å². The van der Waals surface area contributed by atoms with E-state index in [4.69, 9.17) is 5.11 Å². The van der Waals surface area contributed by atoms with Gasteiger partial charge in [0, 0.05) is 19.9 Å². The van der Waals surface area contributed by atoms with Gasteiger partial charge in [-0.3, -0.25) is 4.79 Å². The van der Waals surface area contributed by atoms with Crippen molar-refractivity contribution in [2.75, 3.05) is 19.7 Å². The van der Waals surface area contributed by atoms with Crippen molar-refractivity contribution in [1.29, 1.82) is 0 Å². The van der Waals surface area contributed by atoms with Crippen molar-refractivity contribution < 1.29 is 23.8 Å². The van der Waals surface area contributed by atoms with Crippen LogP contribution in [0.1, 0.15) is 13.3 Å². The molecule has 0 bridgehead atoms. The first-order valence-electron chi connectivity index (χ1n) is 4.23. The summed E-state index contributed by atoms with van der Waals surface area (Å²) in [6.45, 7) is 0.738. The van der Waals surface area contributed by atoms with E-state index in [1.807, 2.05) is 0 Å². The van der Waals surface area contributed by atoms with E-state index in [9.17, 15) is 14.0 Å². The number of carbonyl (C=O) groups excluding carboxylic acids is 1. The summed E-state index contributed by atoms with van der Waals surface area (Å²) in [4.78, 5) is 21.9. The van der Waals surface area contributed by atoms with Crippen molar-refractivity contribution in [2.45, 2.75) is 19.0 Å². The zero-order chi connectivity index (χ0) is 10.8. The van der Waals surface area contributed by atoms with Gasteiger partial charge in [0.05, 0.1) is 6.54 Å². The number of hydrogen-bond donors (Lipinski definition) is 1. The molecule has 1 heterocycles. The number of alkyl halides is 1.